The lowest BCUT2D eigenvalue weighted by Gasteiger charge is -2.25. The molecule has 0 aliphatic heterocycles. The lowest BCUT2D eigenvalue weighted by Crippen LogP contribution is -2.34. The summed E-state index contributed by atoms with van der Waals surface area (Å²) in [5.41, 5.74) is 0.907. The Balaban J connectivity index is 2.06. The number of hydrogen-bond acceptors (Lipinski definition) is 4. The van der Waals surface area contributed by atoms with Crippen molar-refractivity contribution in [1.82, 2.24) is 14.6 Å². The first-order valence-electron chi connectivity index (χ1n) is 7.67. The highest BCUT2D eigenvalue weighted by Crippen LogP contribution is 2.31. The fourth-order valence-corrected chi connectivity index (χ4v) is 2.79. The number of hydrogen-bond donors (Lipinski definition) is 0. The minimum absolute atomic E-state index is 0.0395. The molecule has 0 aliphatic carbocycles. The number of anilines is 1. The molecular weight excluding hydrogens is 383 g/mol. The minimum Gasteiger partial charge on any atom is -0.497 e. The maximum absolute atomic E-state index is 13.2. The molecule has 10 heteroatoms. The smallest absolute Gasteiger partial charge is 0.405 e. The third-order valence-corrected chi connectivity index (χ3v) is 3.94. The van der Waals surface area contributed by atoms with E-state index in [1.807, 2.05) is 0 Å². The van der Waals surface area contributed by atoms with Gasteiger partial charge in [-0.25, -0.2) is 4.98 Å². The predicted octanol–water partition coefficient (Wildman–Crippen LogP) is 4.51. The van der Waals surface area contributed by atoms with E-state index in [1.54, 1.807) is 24.3 Å². The second-order valence-corrected chi connectivity index (χ2v) is 6.02. The van der Waals surface area contributed by atoms with Crippen LogP contribution in [0.2, 0.25) is 5.15 Å². The van der Waals surface area contributed by atoms with Gasteiger partial charge in [0.05, 0.1) is 13.3 Å². The van der Waals surface area contributed by atoms with Crippen molar-refractivity contribution >= 4 is 28.8 Å². The van der Waals surface area contributed by atoms with E-state index in [9.17, 15) is 13.2 Å². The van der Waals surface area contributed by atoms with Gasteiger partial charge in [-0.1, -0.05) is 35.4 Å². The Kier molecular flexibility index (Phi) is 5.10. The fraction of sp³-hybridized carbons (Fsp3) is 0.235. The second kappa shape index (κ2) is 7.32. The zero-order chi connectivity index (χ0) is 19.6. The summed E-state index contributed by atoms with van der Waals surface area (Å²) >= 11 is 5.98. The standard InChI is InChI=1S/C17H13ClF3N5O/c1-22-15-8-23-16-13(7-14(18)24-26(15)16)25(10-17(19,20)21)9-11-3-5-12(27-2)6-4-11/h3-8H,9-10H2,2H3. The third-order valence-electron chi connectivity index (χ3n) is 3.76. The zero-order valence-corrected chi connectivity index (χ0v) is 14.8. The van der Waals surface area contributed by atoms with Crippen LogP contribution in [0.4, 0.5) is 24.7 Å². The van der Waals surface area contributed by atoms with E-state index in [1.165, 1.54) is 19.4 Å². The summed E-state index contributed by atoms with van der Waals surface area (Å²) in [6.45, 7) is 5.87. The average molecular weight is 396 g/mol. The number of nitrogens with zero attached hydrogens (tertiary/aromatic N) is 5. The van der Waals surface area contributed by atoms with Crippen LogP contribution in [0.3, 0.4) is 0 Å². The number of fused-ring (bicyclic) bond motifs is 1. The Morgan fingerprint density at radius 3 is 2.59 bits per heavy atom. The lowest BCUT2D eigenvalue weighted by molar-refractivity contribution is -0.119. The maximum atomic E-state index is 13.2. The molecule has 140 valence electrons. The number of rotatable bonds is 5. The van der Waals surface area contributed by atoms with Gasteiger partial charge in [0.15, 0.2) is 5.15 Å². The van der Waals surface area contributed by atoms with Crippen molar-refractivity contribution in [3.05, 3.63) is 58.7 Å². The molecule has 0 aliphatic rings. The molecule has 27 heavy (non-hydrogen) atoms. The van der Waals surface area contributed by atoms with Gasteiger partial charge >= 0.3 is 6.18 Å². The quantitative estimate of drug-likeness (QED) is 0.596. The van der Waals surface area contributed by atoms with Crippen LogP contribution in [0, 0.1) is 6.57 Å². The lowest BCUT2D eigenvalue weighted by atomic mass is 10.2. The van der Waals surface area contributed by atoms with Gasteiger partial charge in [0.1, 0.15) is 18.0 Å². The molecular formula is C17H13ClF3N5O. The van der Waals surface area contributed by atoms with Crippen LogP contribution in [0.5, 0.6) is 5.75 Å². The Bertz CT molecular complexity index is 995. The highest BCUT2D eigenvalue weighted by atomic mass is 35.5. The van der Waals surface area contributed by atoms with Crippen molar-refractivity contribution < 1.29 is 17.9 Å². The van der Waals surface area contributed by atoms with Crippen LogP contribution in [0.1, 0.15) is 5.56 Å². The van der Waals surface area contributed by atoms with Crippen molar-refractivity contribution in [2.24, 2.45) is 0 Å². The van der Waals surface area contributed by atoms with Gasteiger partial charge in [0, 0.05) is 12.6 Å². The van der Waals surface area contributed by atoms with Crippen LogP contribution in [0.25, 0.3) is 10.5 Å². The molecule has 0 unspecified atom stereocenters. The molecule has 3 aromatic rings. The molecule has 0 fully saturated rings. The van der Waals surface area contributed by atoms with Crippen molar-refractivity contribution in [3.8, 4) is 5.75 Å². The molecule has 0 atom stereocenters. The molecule has 6 nitrogen and oxygen atoms in total. The van der Waals surface area contributed by atoms with Gasteiger partial charge in [0.25, 0.3) is 11.5 Å². The molecule has 3 rings (SSSR count). The number of halogens is 4. The van der Waals surface area contributed by atoms with Gasteiger partial charge < -0.3 is 14.5 Å². The molecule has 0 N–H and O–H groups in total. The third kappa shape index (κ3) is 4.23. The predicted molar refractivity (Wildman–Crippen MR) is 94.4 cm³/mol. The van der Waals surface area contributed by atoms with E-state index in [-0.39, 0.29) is 28.9 Å². The highest BCUT2D eigenvalue weighted by Gasteiger charge is 2.33. The van der Waals surface area contributed by atoms with E-state index in [2.05, 4.69) is 14.9 Å². The first kappa shape index (κ1) is 18.8. The Morgan fingerprint density at radius 2 is 2.00 bits per heavy atom. The van der Waals surface area contributed by atoms with Gasteiger partial charge in [-0.2, -0.15) is 13.2 Å². The fourth-order valence-electron chi connectivity index (χ4n) is 2.61. The maximum Gasteiger partial charge on any atom is 0.405 e. The first-order chi connectivity index (χ1) is 12.8. The molecule has 2 heterocycles. The van der Waals surface area contributed by atoms with E-state index >= 15 is 0 Å². The van der Waals surface area contributed by atoms with Crippen molar-refractivity contribution in [3.63, 3.8) is 0 Å². The average Bonchev–Trinajstić information content (AvgIpc) is 3.02. The van der Waals surface area contributed by atoms with Gasteiger partial charge in [-0.15, -0.1) is 4.52 Å². The number of aromatic nitrogens is 3. The SMILES string of the molecule is [C-]#[N+]c1cnc2c(N(Cc3ccc(OC)cc3)CC(F)(F)F)cc(Cl)nn12. The molecule has 1 aromatic carbocycles. The molecule has 0 radical (unpaired) electrons. The summed E-state index contributed by atoms with van der Waals surface area (Å²) in [5, 5.41) is 3.92. The number of ether oxygens (including phenoxy) is 1. The first-order valence-corrected chi connectivity index (χ1v) is 8.05. The van der Waals surface area contributed by atoms with Gasteiger partial charge in [-0.05, 0) is 17.7 Å². The summed E-state index contributed by atoms with van der Waals surface area (Å²) in [6.07, 6.45) is -3.21. The summed E-state index contributed by atoms with van der Waals surface area (Å²) in [5.74, 6) is 0.663. The van der Waals surface area contributed by atoms with Crippen molar-refractivity contribution in [2.75, 3.05) is 18.6 Å². The Hall–Kier alpha value is -2.99. The van der Waals surface area contributed by atoms with Crippen LogP contribution in [0.15, 0.2) is 36.5 Å². The zero-order valence-electron chi connectivity index (χ0n) is 14.0. The molecule has 2 aromatic heterocycles. The normalized spacial score (nSPS) is 11.4. The van der Waals surface area contributed by atoms with Crippen LogP contribution in [-0.2, 0) is 6.54 Å². The molecule has 0 spiro atoms. The number of alkyl halides is 3. The topological polar surface area (TPSA) is 47.0 Å². The molecule has 0 bridgehead atoms. The summed E-state index contributed by atoms with van der Waals surface area (Å²) in [7, 11) is 1.51. The van der Waals surface area contributed by atoms with Crippen LogP contribution >= 0.6 is 11.6 Å². The van der Waals surface area contributed by atoms with Crippen molar-refractivity contribution in [1.29, 1.82) is 0 Å². The number of benzene rings is 1. The number of methoxy groups -OCH3 is 1. The van der Waals surface area contributed by atoms with E-state index in [0.717, 1.165) is 9.42 Å². The monoisotopic (exact) mass is 395 g/mol. The number of imidazole rings is 1. The van der Waals surface area contributed by atoms with Gasteiger partial charge in [0.2, 0.25) is 0 Å². The highest BCUT2D eigenvalue weighted by molar-refractivity contribution is 6.29. The molecule has 0 saturated heterocycles. The van der Waals surface area contributed by atoms with E-state index in [0.29, 0.717) is 11.3 Å². The van der Waals surface area contributed by atoms with E-state index in [4.69, 9.17) is 22.9 Å². The second-order valence-electron chi connectivity index (χ2n) is 5.64. The minimum atomic E-state index is -4.45. The van der Waals surface area contributed by atoms with E-state index < -0.39 is 12.7 Å². The van der Waals surface area contributed by atoms with Crippen LogP contribution in [-0.4, -0.2) is 34.4 Å². The summed E-state index contributed by atoms with van der Waals surface area (Å²) in [4.78, 5) is 8.40. The van der Waals surface area contributed by atoms with Crippen LogP contribution < -0.4 is 9.64 Å². The Morgan fingerprint density at radius 1 is 1.30 bits per heavy atom. The van der Waals surface area contributed by atoms with Crippen molar-refractivity contribution in [2.45, 2.75) is 12.7 Å². The summed E-state index contributed by atoms with van der Waals surface area (Å²) in [6, 6.07) is 8.01. The van der Waals surface area contributed by atoms with Gasteiger partial charge in [-0.3, -0.25) is 0 Å². The largest absolute Gasteiger partial charge is 0.497 e. The Labute approximate surface area is 157 Å². The molecule has 0 saturated carbocycles. The summed E-state index contributed by atoms with van der Waals surface area (Å²) < 4.78 is 45.8. The molecule has 0 amide bonds.